The monoisotopic (exact) mass is 355 g/mol. The van der Waals surface area contributed by atoms with E-state index in [-0.39, 0.29) is 0 Å². The zero-order valence-electron chi connectivity index (χ0n) is 14.4. The van der Waals surface area contributed by atoms with E-state index in [9.17, 15) is 4.79 Å². The van der Waals surface area contributed by atoms with Gasteiger partial charge in [0, 0.05) is 23.0 Å². The fourth-order valence-electron chi connectivity index (χ4n) is 2.96. The highest BCUT2D eigenvalue weighted by molar-refractivity contribution is 5.94. The summed E-state index contributed by atoms with van der Waals surface area (Å²) < 4.78 is 5.56. The van der Waals surface area contributed by atoms with E-state index in [0.717, 1.165) is 16.5 Å². The van der Waals surface area contributed by atoms with Crippen molar-refractivity contribution >= 4 is 28.2 Å². The molecule has 0 unspecified atom stereocenters. The van der Waals surface area contributed by atoms with Crippen LogP contribution in [0.15, 0.2) is 79.0 Å². The Morgan fingerprint density at radius 3 is 2.26 bits per heavy atom. The van der Waals surface area contributed by atoms with Crippen LogP contribution >= 0.6 is 0 Å². The number of nitrogens with zero attached hydrogens (tertiary/aromatic N) is 1. The number of carbonyl (C=O) groups is 1. The lowest BCUT2D eigenvalue weighted by atomic mass is 10.0. The Morgan fingerprint density at radius 2 is 1.52 bits per heavy atom. The third kappa shape index (κ3) is 3.43. The Kier molecular flexibility index (Phi) is 4.18. The number of hydrogen-bond donors (Lipinski definition) is 2. The van der Waals surface area contributed by atoms with Gasteiger partial charge in [0.15, 0.2) is 5.75 Å². The zero-order valence-corrected chi connectivity index (χ0v) is 14.4. The predicted molar refractivity (Wildman–Crippen MR) is 107 cm³/mol. The third-order valence-corrected chi connectivity index (χ3v) is 4.23. The Balaban J connectivity index is 1.59. The maximum Gasteiger partial charge on any atom is 0.343 e. The first-order valence-corrected chi connectivity index (χ1v) is 8.42. The molecule has 1 aromatic heterocycles. The minimum absolute atomic E-state index is 0.436. The van der Waals surface area contributed by atoms with Gasteiger partial charge in [-0.1, -0.05) is 30.3 Å². The summed E-state index contributed by atoms with van der Waals surface area (Å²) in [5, 5.41) is 0.914. The molecule has 0 saturated heterocycles. The van der Waals surface area contributed by atoms with Crippen molar-refractivity contribution in [1.82, 2.24) is 4.98 Å². The zero-order chi connectivity index (χ0) is 18.8. The number of para-hydroxylation sites is 1. The van der Waals surface area contributed by atoms with E-state index in [4.69, 9.17) is 16.2 Å². The average Bonchev–Trinajstić information content (AvgIpc) is 2.68. The van der Waals surface area contributed by atoms with E-state index in [1.165, 1.54) is 0 Å². The Labute approximate surface area is 156 Å². The minimum atomic E-state index is -0.438. The molecule has 0 amide bonds. The van der Waals surface area contributed by atoms with E-state index in [2.05, 4.69) is 4.98 Å². The molecule has 3 aromatic carbocycles. The molecule has 5 heteroatoms. The molecule has 0 aliphatic carbocycles. The summed E-state index contributed by atoms with van der Waals surface area (Å²) in [5.41, 5.74) is 15.8. The van der Waals surface area contributed by atoms with Crippen molar-refractivity contribution in [3.8, 4) is 16.9 Å². The predicted octanol–water partition coefficient (Wildman–Crippen LogP) is 4.29. The van der Waals surface area contributed by atoms with Gasteiger partial charge < -0.3 is 16.2 Å². The molecule has 5 nitrogen and oxygen atoms in total. The first-order valence-electron chi connectivity index (χ1n) is 8.42. The molecule has 27 heavy (non-hydrogen) atoms. The molecule has 0 saturated carbocycles. The molecule has 132 valence electrons. The topological polar surface area (TPSA) is 91.2 Å². The second kappa shape index (κ2) is 6.80. The highest BCUT2D eigenvalue weighted by Gasteiger charge is 2.12. The van der Waals surface area contributed by atoms with Crippen LogP contribution in [0.2, 0.25) is 0 Å². The SMILES string of the molecule is Nc1cc(N)cc(-c2ccc(C(=O)Oc3cccc4cccnc34)cc2)c1. The van der Waals surface area contributed by atoms with Crippen LogP contribution in [0.5, 0.6) is 5.75 Å². The lowest BCUT2D eigenvalue weighted by molar-refractivity contribution is 0.0737. The van der Waals surface area contributed by atoms with Crippen LogP contribution in [0.3, 0.4) is 0 Å². The molecule has 0 spiro atoms. The highest BCUT2D eigenvalue weighted by Crippen LogP contribution is 2.26. The van der Waals surface area contributed by atoms with Gasteiger partial charge in [0.05, 0.1) is 5.56 Å². The Hall–Kier alpha value is -3.86. The summed E-state index contributed by atoms with van der Waals surface area (Å²) in [6, 6.07) is 21.7. The maximum absolute atomic E-state index is 12.5. The number of rotatable bonds is 3. The van der Waals surface area contributed by atoms with E-state index < -0.39 is 5.97 Å². The molecule has 0 bridgehead atoms. The van der Waals surface area contributed by atoms with Crippen molar-refractivity contribution < 1.29 is 9.53 Å². The van der Waals surface area contributed by atoms with E-state index >= 15 is 0 Å². The molecular weight excluding hydrogens is 338 g/mol. The number of carbonyl (C=O) groups excluding carboxylic acids is 1. The van der Waals surface area contributed by atoms with Crippen LogP contribution in [0.25, 0.3) is 22.0 Å². The molecule has 0 atom stereocenters. The van der Waals surface area contributed by atoms with Crippen molar-refractivity contribution in [3.63, 3.8) is 0 Å². The van der Waals surface area contributed by atoms with Crippen molar-refractivity contribution in [2.24, 2.45) is 0 Å². The molecule has 1 heterocycles. The van der Waals surface area contributed by atoms with Crippen LogP contribution in [-0.2, 0) is 0 Å². The standard InChI is InChI=1S/C22H17N3O2/c23-18-11-17(12-19(24)13-18)14-6-8-16(9-7-14)22(26)27-20-5-1-3-15-4-2-10-25-21(15)20/h1-13H,23-24H2. The molecule has 0 radical (unpaired) electrons. The molecule has 0 aliphatic heterocycles. The van der Waals surface area contributed by atoms with Gasteiger partial charge in [0.2, 0.25) is 0 Å². The molecule has 4 rings (SSSR count). The Morgan fingerprint density at radius 1 is 0.815 bits per heavy atom. The van der Waals surface area contributed by atoms with Crippen molar-refractivity contribution in [1.29, 1.82) is 0 Å². The fraction of sp³-hybridized carbons (Fsp3) is 0. The van der Waals surface area contributed by atoms with Gasteiger partial charge in [0.1, 0.15) is 5.52 Å². The maximum atomic E-state index is 12.5. The number of ether oxygens (including phenoxy) is 1. The van der Waals surface area contributed by atoms with Gasteiger partial charge in [-0.05, 0) is 53.6 Å². The summed E-state index contributed by atoms with van der Waals surface area (Å²) in [7, 11) is 0. The third-order valence-electron chi connectivity index (χ3n) is 4.23. The number of pyridine rings is 1. The van der Waals surface area contributed by atoms with Gasteiger partial charge in [-0.2, -0.15) is 0 Å². The smallest absolute Gasteiger partial charge is 0.343 e. The van der Waals surface area contributed by atoms with Crippen LogP contribution in [0, 0.1) is 0 Å². The average molecular weight is 355 g/mol. The van der Waals surface area contributed by atoms with Crippen molar-refractivity contribution in [2.45, 2.75) is 0 Å². The molecule has 0 aliphatic rings. The number of hydrogen-bond acceptors (Lipinski definition) is 5. The highest BCUT2D eigenvalue weighted by atomic mass is 16.5. The van der Waals surface area contributed by atoms with Gasteiger partial charge in [-0.25, -0.2) is 4.79 Å². The molecule has 4 N–H and O–H groups in total. The number of aromatic nitrogens is 1. The number of anilines is 2. The van der Waals surface area contributed by atoms with Crippen LogP contribution < -0.4 is 16.2 Å². The lowest BCUT2D eigenvalue weighted by Gasteiger charge is -2.08. The van der Waals surface area contributed by atoms with Crippen molar-refractivity contribution in [2.75, 3.05) is 11.5 Å². The first kappa shape index (κ1) is 16.6. The Bertz CT molecular complexity index is 1110. The summed E-state index contributed by atoms with van der Waals surface area (Å²) in [6.07, 6.45) is 1.67. The summed E-state index contributed by atoms with van der Waals surface area (Å²) in [6.45, 7) is 0. The van der Waals surface area contributed by atoms with Crippen LogP contribution in [0.1, 0.15) is 10.4 Å². The van der Waals surface area contributed by atoms with Crippen LogP contribution in [-0.4, -0.2) is 11.0 Å². The summed E-state index contributed by atoms with van der Waals surface area (Å²) in [4.78, 5) is 16.8. The quantitative estimate of drug-likeness (QED) is 0.325. The second-order valence-corrected chi connectivity index (χ2v) is 6.19. The second-order valence-electron chi connectivity index (χ2n) is 6.19. The van der Waals surface area contributed by atoms with E-state index in [1.54, 1.807) is 30.5 Å². The van der Waals surface area contributed by atoms with Crippen molar-refractivity contribution in [3.05, 3.63) is 84.6 Å². The normalized spacial score (nSPS) is 10.7. The molecule has 4 aromatic rings. The van der Waals surface area contributed by atoms with Gasteiger partial charge in [0.25, 0.3) is 0 Å². The van der Waals surface area contributed by atoms with Gasteiger partial charge in [-0.3, -0.25) is 4.98 Å². The number of esters is 1. The van der Waals surface area contributed by atoms with Gasteiger partial charge in [-0.15, -0.1) is 0 Å². The first-order chi connectivity index (χ1) is 13.1. The lowest BCUT2D eigenvalue weighted by Crippen LogP contribution is -2.08. The number of benzene rings is 3. The largest absolute Gasteiger partial charge is 0.421 e. The molecule has 0 fully saturated rings. The summed E-state index contributed by atoms with van der Waals surface area (Å²) in [5.74, 6) is -0.00224. The summed E-state index contributed by atoms with van der Waals surface area (Å²) >= 11 is 0. The number of nitrogens with two attached hydrogens (primary N) is 2. The van der Waals surface area contributed by atoms with Crippen LogP contribution in [0.4, 0.5) is 11.4 Å². The molecular formula is C22H17N3O2. The minimum Gasteiger partial charge on any atom is -0.421 e. The van der Waals surface area contributed by atoms with Gasteiger partial charge >= 0.3 is 5.97 Å². The van der Waals surface area contributed by atoms with E-state index in [1.807, 2.05) is 48.5 Å². The fourth-order valence-corrected chi connectivity index (χ4v) is 2.96. The van der Waals surface area contributed by atoms with E-state index in [0.29, 0.717) is 28.2 Å². The number of fused-ring (bicyclic) bond motifs is 1. The number of nitrogen functional groups attached to an aromatic ring is 2.